The van der Waals surface area contributed by atoms with E-state index in [9.17, 15) is 23.1 Å². The molecule has 0 aromatic heterocycles. The number of likely N-dealkylation sites (tertiary alicyclic amines) is 1. The number of hydrogen-bond acceptors (Lipinski definition) is 3. The third kappa shape index (κ3) is 3.45. The second-order valence-corrected chi connectivity index (χ2v) is 4.85. The first kappa shape index (κ1) is 15.6. The minimum Gasteiger partial charge on any atom is -0.394 e. The summed E-state index contributed by atoms with van der Waals surface area (Å²) in [6.45, 7) is -0.378. The number of hydrogen-bond donors (Lipinski definition) is 3. The van der Waals surface area contributed by atoms with Gasteiger partial charge in [0.2, 0.25) is 0 Å². The van der Waals surface area contributed by atoms with Crippen LogP contribution in [0, 0.1) is 0 Å². The SMILES string of the molecule is O=C(Nc1ccccc1C(F)(F)F)N1C[C@@H](O)C[C@@H]1CO. The lowest BCUT2D eigenvalue weighted by Crippen LogP contribution is -2.41. The van der Waals surface area contributed by atoms with Gasteiger partial charge in [0, 0.05) is 6.54 Å². The maximum Gasteiger partial charge on any atom is 0.418 e. The number of amides is 2. The molecule has 8 heteroatoms. The number of alkyl halides is 3. The Bertz CT molecular complexity index is 522. The Hall–Kier alpha value is -1.80. The zero-order valence-corrected chi connectivity index (χ0v) is 11.0. The van der Waals surface area contributed by atoms with Crippen LogP contribution in [-0.4, -0.2) is 46.4 Å². The minimum atomic E-state index is -4.58. The molecule has 2 amide bonds. The standard InChI is InChI=1S/C13H15F3N2O3/c14-13(15,16)10-3-1-2-4-11(10)17-12(21)18-6-9(20)5-8(18)7-19/h1-4,8-9,19-20H,5-7H2,(H,17,21)/t8-,9+/m1/s1. The maximum atomic E-state index is 12.8. The number of aliphatic hydroxyl groups excluding tert-OH is 2. The van der Waals surface area contributed by atoms with E-state index in [1.54, 1.807) is 0 Å². The van der Waals surface area contributed by atoms with Gasteiger partial charge in [-0.15, -0.1) is 0 Å². The number of urea groups is 1. The molecule has 21 heavy (non-hydrogen) atoms. The summed E-state index contributed by atoms with van der Waals surface area (Å²) < 4.78 is 38.5. The fourth-order valence-electron chi connectivity index (χ4n) is 2.34. The Labute approximate surface area is 119 Å². The van der Waals surface area contributed by atoms with Crippen molar-refractivity contribution in [2.75, 3.05) is 18.5 Å². The van der Waals surface area contributed by atoms with Gasteiger partial charge in [0.05, 0.1) is 30.0 Å². The van der Waals surface area contributed by atoms with Crippen molar-refractivity contribution in [2.45, 2.75) is 24.7 Å². The summed E-state index contributed by atoms with van der Waals surface area (Å²) >= 11 is 0. The van der Waals surface area contributed by atoms with Crippen LogP contribution in [0.15, 0.2) is 24.3 Å². The second kappa shape index (κ2) is 5.90. The molecule has 3 N–H and O–H groups in total. The molecule has 1 aliphatic heterocycles. The van der Waals surface area contributed by atoms with E-state index < -0.39 is 29.9 Å². The van der Waals surface area contributed by atoms with Gasteiger partial charge in [-0.1, -0.05) is 12.1 Å². The molecule has 1 aromatic rings. The van der Waals surface area contributed by atoms with E-state index in [1.807, 2.05) is 0 Å². The number of rotatable bonds is 2. The topological polar surface area (TPSA) is 72.8 Å². The number of para-hydroxylation sites is 1. The van der Waals surface area contributed by atoms with Gasteiger partial charge in [0.1, 0.15) is 0 Å². The molecule has 5 nitrogen and oxygen atoms in total. The van der Waals surface area contributed by atoms with Gasteiger partial charge in [-0.05, 0) is 18.6 Å². The van der Waals surface area contributed by atoms with Crippen LogP contribution in [-0.2, 0) is 6.18 Å². The third-order valence-electron chi connectivity index (χ3n) is 3.34. The third-order valence-corrected chi connectivity index (χ3v) is 3.34. The highest BCUT2D eigenvalue weighted by molar-refractivity contribution is 5.90. The highest BCUT2D eigenvalue weighted by Crippen LogP contribution is 2.34. The molecule has 1 fully saturated rings. The van der Waals surface area contributed by atoms with Crippen LogP contribution < -0.4 is 5.32 Å². The first-order valence-corrected chi connectivity index (χ1v) is 6.35. The van der Waals surface area contributed by atoms with Crippen molar-refractivity contribution >= 4 is 11.7 Å². The number of β-amino-alcohol motifs (C(OH)–C–C–N with tert-alkyl or cyclic N) is 1. The smallest absolute Gasteiger partial charge is 0.394 e. The van der Waals surface area contributed by atoms with Crippen molar-refractivity contribution in [3.63, 3.8) is 0 Å². The summed E-state index contributed by atoms with van der Waals surface area (Å²) in [6, 6.07) is 3.27. The molecular formula is C13H15F3N2O3. The van der Waals surface area contributed by atoms with E-state index in [2.05, 4.69) is 5.32 Å². The second-order valence-electron chi connectivity index (χ2n) is 4.85. The summed E-state index contributed by atoms with van der Waals surface area (Å²) in [4.78, 5) is 13.2. The number of nitrogens with zero attached hydrogens (tertiary/aromatic N) is 1. The fourth-order valence-corrected chi connectivity index (χ4v) is 2.34. The van der Waals surface area contributed by atoms with Crippen molar-refractivity contribution in [1.29, 1.82) is 0 Å². The number of carbonyl (C=O) groups excluding carboxylic acids is 1. The number of carbonyl (C=O) groups is 1. The molecule has 2 atom stereocenters. The highest BCUT2D eigenvalue weighted by atomic mass is 19.4. The molecule has 0 aliphatic carbocycles. The zero-order chi connectivity index (χ0) is 15.6. The van der Waals surface area contributed by atoms with Gasteiger partial charge in [0.15, 0.2) is 0 Å². The largest absolute Gasteiger partial charge is 0.418 e. The molecule has 0 bridgehead atoms. The van der Waals surface area contributed by atoms with Crippen LogP contribution in [0.25, 0.3) is 0 Å². The molecule has 1 aromatic carbocycles. The highest BCUT2D eigenvalue weighted by Gasteiger charge is 2.36. The lowest BCUT2D eigenvalue weighted by atomic mass is 10.1. The summed E-state index contributed by atoms with van der Waals surface area (Å²) in [6.07, 6.45) is -5.17. The molecule has 0 radical (unpaired) electrons. The van der Waals surface area contributed by atoms with Crippen molar-refractivity contribution in [3.05, 3.63) is 29.8 Å². The van der Waals surface area contributed by atoms with Gasteiger partial charge in [-0.2, -0.15) is 13.2 Å². The van der Waals surface area contributed by atoms with Gasteiger partial charge < -0.3 is 20.4 Å². The summed E-state index contributed by atoms with van der Waals surface area (Å²) in [7, 11) is 0. The zero-order valence-electron chi connectivity index (χ0n) is 11.0. The summed E-state index contributed by atoms with van der Waals surface area (Å²) in [5.74, 6) is 0. The Kier molecular flexibility index (Phi) is 4.38. The number of anilines is 1. The van der Waals surface area contributed by atoms with Gasteiger partial charge in [-0.3, -0.25) is 0 Å². The predicted molar refractivity (Wildman–Crippen MR) is 68.7 cm³/mol. The van der Waals surface area contributed by atoms with Crippen molar-refractivity contribution in [1.82, 2.24) is 4.90 Å². The molecule has 1 heterocycles. The molecule has 1 saturated heterocycles. The van der Waals surface area contributed by atoms with E-state index in [4.69, 9.17) is 5.11 Å². The molecule has 116 valence electrons. The van der Waals surface area contributed by atoms with E-state index in [0.717, 1.165) is 17.0 Å². The summed E-state index contributed by atoms with van der Waals surface area (Å²) in [5.41, 5.74) is -1.30. The van der Waals surface area contributed by atoms with Gasteiger partial charge in [0.25, 0.3) is 0 Å². The van der Waals surface area contributed by atoms with Gasteiger partial charge in [-0.25, -0.2) is 4.79 Å². The Balaban J connectivity index is 2.17. The van der Waals surface area contributed by atoms with Crippen molar-refractivity contribution in [3.8, 4) is 0 Å². The van der Waals surface area contributed by atoms with Crippen LogP contribution in [0.1, 0.15) is 12.0 Å². The van der Waals surface area contributed by atoms with E-state index >= 15 is 0 Å². The quantitative estimate of drug-likeness (QED) is 0.778. The molecule has 2 rings (SSSR count). The first-order chi connectivity index (χ1) is 9.82. The first-order valence-electron chi connectivity index (χ1n) is 6.35. The fraction of sp³-hybridized carbons (Fsp3) is 0.462. The lowest BCUT2D eigenvalue weighted by molar-refractivity contribution is -0.136. The van der Waals surface area contributed by atoms with Crippen LogP contribution in [0.5, 0.6) is 0 Å². The molecular weight excluding hydrogens is 289 g/mol. The van der Waals surface area contributed by atoms with Crippen LogP contribution in [0.2, 0.25) is 0 Å². The van der Waals surface area contributed by atoms with E-state index in [0.29, 0.717) is 0 Å². The molecule has 0 spiro atoms. The molecule has 0 unspecified atom stereocenters. The number of halogens is 3. The average Bonchev–Trinajstić information content (AvgIpc) is 2.79. The lowest BCUT2D eigenvalue weighted by Gasteiger charge is -2.24. The maximum absolute atomic E-state index is 12.8. The Morgan fingerprint density at radius 1 is 1.38 bits per heavy atom. The van der Waals surface area contributed by atoms with Gasteiger partial charge >= 0.3 is 12.2 Å². The van der Waals surface area contributed by atoms with E-state index in [-0.39, 0.29) is 25.3 Å². The number of benzene rings is 1. The summed E-state index contributed by atoms with van der Waals surface area (Å²) in [5, 5.41) is 20.8. The van der Waals surface area contributed by atoms with Crippen LogP contribution in [0.4, 0.5) is 23.7 Å². The van der Waals surface area contributed by atoms with Crippen molar-refractivity contribution in [2.24, 2.45) is 0 Å². The monoisotopic (exact) mass is 304 g/mol. The Morgan fingerprint density at radius 3 is 2.67 bits per heavy atom. The number of aliphatic hydroxyl groups is 2. The minimum absolute atomic E-state index is 0.0226. The number of nitrogens with one attached hydrogen (secondary N) is 1. The normalized spacial score (nSPS) is 22.4. The van der Waals surface area contributed by atoms with E-state index in [1.165, 1.54) is 12.1 Å². The predicted octanol–water partition coefficient (Wildman–Crippen LogP) is 1.66. The van der Waals surface area contributed by atoms with Crippen LogP contribution >= 0.6 is 0 Å². The molecule has 0 saturated carbocycles. The van der Waals surface area contributed by atoms with Crippen LogP contribution in [0.3, 0.4) is 0 Å². The average molecular weight is 304 g/mol. The van der Waals surface area contributed by atoms with Crippen molar-refractivity contribution < 1.29 is 28.2 Å². The Morgan fingerprint density at radius 2 is 2.05 bits per heavy atom. The molecule has 1 aliphatic rings.